The van der Waals surface area contributed by atoms with Gasteiger partial charge in [-0.1, -0.05) is 12.1 Å². The van der Waals surface area contributed by atoms with Crippen molar-refractivity contribution in [2.24, 2.45) is 0 Å². The highest BCUT2D eigenvalue weighted by Gasteiger charge is 2.21. The van der Waals surface area contributed by atoms with Crippen molar-refractivity contribution < 1.29 is 13.6 Å². The van der Waals surface area contributed by atoms with E-state index in [1.807, 2.05) is 36.4 Å². The number of benzene rings is 2. The SMILES string of the molecule is O=[P+](OCc1ccc(Br)c(Br)c1)OCc1ccc(Br)c(Br)c1. The van der Waals surface area contributed by atoms with Crippen molar-refractivity contribution in [3.05, 3.63) is 65.4 Å². The lowest BCUT2D eigenvalue weighted by atomic mass is 10.2. The Kier molecular flexibility index (Phi) is 7.67. The average Bonchev–Trinajstić information content (AvgIpc) is 2.49. The van der Waals surface area contributed by atoms with Gasteiger partial charge in [0, 0.05) is 22.5 Å². The molecule has 0 fully saturated rings. The molecule has 0 aliphatic heterocycles. The van der Waals surface area contributed by atoms with E-state index >= 15 is 0 Å². The van der Waals surface area contributed by atoms with Crippen LogP contribution in [0.15, 0.2) is 54.3 Å². The Morgan fingerprint density at radius 3 is 1.50 bits per heavy atom. The van der Waals surface area contributed by atoms with Gasteiger partial charge >= 0.3 is 8.25 Å². The van der Waals surface area contributed by atoms with Crippen LogP contribution >= 0.6 is 72.0 Å². The van der Waals surface area contributed by atoms with E-state index in [9.17, 15) is 4.57 Å². The normalized spacial score (nSPS) is 10.7. The van der Waals surface area contributed by atoms with E-state index in [-0.39, 0.29) is 13.2 Å². The highest BCUT2D eigenvalue weighted by atomic mass is 79.9. The summed E-state index contributed by atoms with van der Waals surface area (Å²) in [6, 6.07) is 11.4. The third-order valence-electron chi connectivity index (χ3n) is 2.64. The van der Waals surface area contributed by atoms with E-state index in [2.05, 4.69) is 63.7 Å². The second-order valence-electron chi connectivity index (χ2n) is 4.27. The molecule has 0 saturated heterocycles. The molecule has 3 nitrogen and oxygen atoms in total. The predicted octanol–water partition coefficient (Wildman–Crippen LogP) is 7.13. The number of hydrogen-bond acceptors (Lipinski definition) is 3. The minimum Gasteiger partial charge on any atom is -0.114 e. The summed E-state index contributed by atoms with van der Waals surface area (Å²) in [6.45, 7) is 0.455. The highest BCUT2D eigenvalue weighted by Crippen LogP contribution is 2.31. The maximum absolute atomic E-state index is 11.8. The fourth-order valence-electron chi connectivity index (χ4n) is 1.55. The van der Waals surface area contributed by atoms with Crippen LogP contribution in [0, 0.1) is 0 Å². The van der Waals surface area contributed by atoms with Gasteiger partial charge in [-0.25, -0.2) is 0 Å². The molecule has 0 saturated carbocycles. The zero-order valence-corrected chi connectivity index (χ0v) is 18.3. The maximum atomic E-state index is 11.8. The Morgan fingerprint density at radius 2 is 1.14 bits per heavy atom. The standard InChI is InChI=1S/C14H10Br4O3P/c15-11-3-1-9(5-13(11)17)7-20-22(19)21-8-10-2-4-12(16)14(18)6-10/h1-6H,7-8H2/q+1. The molecule has 2 aromatic rings. The van der Waals surface area contributed by atoms with Crippen LogP contribution in [-0.4, -0.2) is 0 Å². The van der Waals surface area contributed by atoms with Crippen LogP contribution in [0.1, 0.15) is 11.1 Å². The van der Waals surface area contributed by atoms with Crippen LogP contribution in [0.2, 0.25) is 0 Å². The Balaban J connectivity index is 1.82. The van der Waals surface area contributed by atoms with Crippen molar-refractivity contribution in [2.45, 2.75) is 13.2 Å². The fraction of sp³-hybridized carbons (Fsp3) is 0.143. The molecular weight excluding hydrogens is 567 g/mol. The first kappa shape index (κ1) is 18.7. The lowest BCUT2D eigenvalue weighted by Crippen LogP contribution is -1.90. The van der Waals surface area contributed by atoms with Crippen molar-refractivity contribution in [1.82, 2.24) is 0 Å². The van der Waals surface area contributed by atoms with Crippen molar-refractivity contribution in [3.8, 4) is 0 Å². The monoisotopic (exact) mass is 573 g/mol. The molecule has 22 heavy (non-hydrogen) atoms. The van der Waals surface area contributed by atoms with Gasteiger partial charge in [-0.15, -0.1) is 9.05 Å². The average molecular weight is 577 g/mol. The number of hydrogen-bond donors (Lipinski definition) is 0. The predicted molar refractivity (Wildman–Crippen MR) is 101 cm³/mol. The number of rotatable bonds is 6. The van der Waals surface area contributed by atoms with Crippen LogP contribution in [0.3, 0.4) is 0 Å². The molecule has 0 aromatic heterocycles. The molecule has 116 valence electrons. The van der Waals surface area contributed by atoms with Crippen molar-refractivity contribution in [2.75, 3.05) is 0 Å². The lowest BCUT2D eigenvalue weighted by Gasteiger charge is -2.00. The summed E-state index contributed by atoms with van der Waals surface area (Å²) < 4.78 is 26.0. The second-order valence-corrected chi connectivity index (χ2v) is 8.65. The van der Waals surface area contributed by atoms with E-state index < -0.39 is 8.25 Å². The first-order valence-corrected chi connectivity index (χ1v) is 10.3. The molecule has 0 N–H and O–H groups in total. The van der Waals surface area contributed by atoms with Crippen LogP contribution < -0.4 is 0 Å². The third-order valence-corrected chi connectivity index (χ3v) is 7.08. The van der Waals surface area contributed by atoms with Gasteiger partial charge in [0.25, 0.3) is 0 Å². The van der Waals surface area contributed by atoms with E-state index in [4.69, 9.17) is 9.05 Å². The van der Waals surface area contributed by atoms with Crippen molar-refractivity contribution >= 4 is 72.0 Å². The van der Waals surface area contributed by atoms with Crippen molar-refractivity contribution in [1.29, 1.82) is 0 Å². The Labute approximate surface area is 163 Å². The molecular formula is C14H10Br4O3P+. The van der Waals surface area contributed by atoms with Crippen LogP contribution in [0.25, 0.3) is 0 Å². The van der Waals surface area contributed by atoms with Crippen molar-refractivity contribution in [3.63, 3.8) is 0 Å². The van der Waals surface area contributed by atoms with Gasteiger partial charge in [-0.3, -0.25) is 0 Å². The van der Waals surface area contributed by atoms with Gasteiger partial charge < -0.3 is 0 Å². The van der Waals surface area contributed by atoms with Gasteiger partial charge in [0.1, 0.15) is 13.2 Å². The molecule has 2 rings (SSSR count). The van der Waals surface area contributed by atoms with Gasteiger partial charge in [-0.2, -0.15) is 0 Å². The molecule has 0 aliphatic carbocycles. The third kappa shape index (κ3) is 5.78. The first-order valence-electron chi connectivity index (χ1n) is 6.06. The van der Waals surface area contributed by atoms with Crippen LogP contribution in [-0.2, 0) is 26.8 Å². The van der Waals surface area contributed by atoms with Crippen LogP contribution in [0.4, 0.5) is 0 Å². The maximum Gasteiger partial charge on any atom is 0.698 e. The molecule has 0 aliphatic rings. The topological polar surface area (TPSA) is 35.5 Å². The van der Waals surface area contributed by atoms with Crippen LogP contribution in [0.5, 0.6) is 0 Å². The Bertz CT molecular complexity index is 636. The molecule has 0 amide bonds. The summed E-state index contributed by atoms with van der Waals surface area (Å²) in [6.07, 6.45) is 0. The summed E-state index contributed by atoms with van der Waals surface area (Å²) in [4.78, 5) is 0. The summed E-state index contributed by atoms with van der Waals surface area (Å²) in [5.74, 6) is 0. The molecule has 0 radical (unpaired) electrons. The van der Waals surface area contributed by atoms with E-state index in [1.54, 1.807) is 0 Å². The Morgan fingerprint density at radius 1 is 0.727 bits per heavy atom. The van der Waals surface area contributed by atoms with Gasteiger partial charge in [0.05, 0.1) is 0 Å². The van der Waals surface area contributed by atoms with Gasteiger partial charge in [0.15, 0.2) is 0 Å². The molecule has 2 aromatic carbocycles. The largest absolute Gasteiger partial charge is 0.698 e. The molecule has 8 heteroatoms. The number of halogens is 4. The zero-order chi connectivity index (χ0) is 16.1. The molecule has 0 spiro atoms. The van der Waals surface area contributed by atoms with E-state index in [1.165, 1.54) is 0 Å². The quantitative estimate of drug-likeness (QED) is 0.343. The fourth-order valence-corrected chi connectivity index (χ4v) is 3.48. The molecule has 0 heterocycles. The van der Waals surface area contributed by atoms with E-state index in [0.29, 0.717) is 0 Å². The van der Waals surface area contributed by atoms with E-state index in [0.717, 1.165) is 29.0 Å². The summed E-state index contributed by atoms with van der Waals surface area (Å²) >= 11 is 13.6. The summed E-state index contributed by atoms with van der Waals surface area (Å²) in [5, 5.41) is 0. The van der Waals surface area contributed by atoms with Gasteiger partial charge in [0.2, 0.25) is 0 Å². The molecule has 0 atom stereocenters. The summed E-state index contributed by atoms with van der Waals surface area (Å²) in [5.41, 5.74) is 1.82. The Hall–Kier alpha value is 0.380. The lowest BCUT2D eigenvalue weighted by molar-refractivity contribution is 0.213. The smallest absolute Gasteiger partial charge is 0.114 e. The van der Waals surface area contributed by atoms with Gasteiger partial charge in [-0.05, 0) is 99.1 Å². The summed E-state index contributed by atoms with van der Waals surface area (Å²) in [7, 11) is -2.17. The second kappa shape index (κ2) is 9.02. The minimum atomic E-state index is -2.17. The highest BCUT2D eigenvalue weighted by molar-refractivity contribution is 9.13. The zero-order valence-electron chi connectivity index (χ0n) is 11.1. The first-order chi connectivity index (χ1) is 10.5. The molecule has 0 unspecified atom stereocenters. The minimum absolute atomic E-state index is 0.227. The molecule has 0 bridgehead atoms.